The average Bonchev–Trinajstić information content (AvgIpc) is 2.99. The van der Waals surface area contributed by atoms with Crippen LogP contribution in [0, 0.1) is 10.1 Å². The molecule has 1 N–H and O–H groups in total. The molecule has 0 bridgehead atoms. The van der Waals surface area contributed by atoms with Crippen molar-refractivity contribution >= 4 is 33.1 Å². The van der Waals surface area contributed by atoms with Crippen LogP contribution < -0.4 is 10.9 Å². The van der Waals surface area contributed by atoms with E-state index in [9.17, 15) is 19.7 Å². The quantitative estimate of drug-likeness (QED) is 0.533. The van der Waals surface area contributed by atoms with Crippen LogP contribution in [0.3, 0.4) is 0 Å². The topological polar surface area (TPSA) is 107 Å². The number of nitro groups is 1. The standard InChI is InChI=1S/C16H14N4O4S/c21-14(10-19-9-11(20(23)24)5-6-16(19)22)17-8-7-15-18-12-3-1-2-4-13(12)25-15/h1-6,9H,7-8,10H2,(H,17,21). The van der Waals surface area contributed by atoms with E-state index < -0.39 is 10.5 Å². The third-order valence-corrected chi connectivity index (χ3v) is 4.59. The molecule has 25 heavy (non-hydrogen) atoms. The fourth-order valence-electron chi connectivity index (χ4n) is 2.30. The van der Waals surface area contributed by atoms with Gasteiger partial charge in [-0.15, -0.1) is 11.3 Å². The molecule has 8 nitrogen and oxygen atoms in total. The molecule has 2 aromatic heterocycles. The number of nitrogens with one attached hydrogen (secondary N) is 1. The molecule has 0 aliphatic carbocycles. The minimum atomic E-state index is -0.610. The van der Waals surface area contributed by atoms with Crippen LogP contribution in [-0.2, 0) is 17.8 Å². The van der Waals surface area contributed by atoms with Crippen molar-refractivity contribution in [1.29, 1.82) is 0 Å². The fraction of sp³-hybridized carbons (Fsp3) is 0.188. The summed E-state index contributed by atoms with van der Waals surface area (Å²) in [6.07, 6.45) is 1.64. The second-order valence-electron chi connectivity index (χ2n) is 5.29. The minimum absolute atomic E-state index is 0.234. The second-order valence-corrected chi connectivity index (χ2v) is 6.40. The third kappa shape index (κ3) is 4.07. The molecule has 0 saturated heterocycles. The van der Waals surface area contributed by atoms with Crippen LogP contribution in [0.15, 0.2) is 47.4 Å². The maximum atomic E-state index is 12.0. The Morgan fingerprint density at radius 3 is 2.84 bits per heavy atom. The molecule has 0 atom stereocenters. The zero-order valence-electron chi connectivity index (χ0n) is 13.0. The zero-order chi connectivity index (χ0) is 17.8. The van der Waals surface area contributed by atoms with Crippen LogP contribution in [0.5, 0.6) is 0 Å². The monoisotopic (exact) mass is 358 g/mol. The van der Waals surface area contributed by atoms with Gasteiger partial charge in [0.1, 0.15) is 6.54 Å². The summed E-state index contributed by atoms with van der Waals surface area (Å²) in [6, 6.07) is 9.98. The van der Waals surface area contributed by atoms with Crippen LogP contribution in [0.1, 0.15) is 5.01 Å². The molecule has 2 heterocycles. The largest absolute Gasteiger partial charge is 0.354 e. The predicted molar refractivity (Wildman–Crippen MR) is 93.7 cm³/mol. The summed E-state index contributed by atoms with van der Waals surface area (Å²) in [6.45, 7) is 0.114. The van der Waals surface area contributed by atoms with Gasteiger partial charge in [-0.05, 0) is 12.1 Å². The number of nitrogens with zero attached hydrogens (tertiary/aromatic N) is 3. The number of pyridine rings is 1. The van der Waals surface area contributed by atoms with E-state index in [-0.39, 0.29) is 18.1 Å². The van der Waals surface area contributed by atoms with Crippen LogP contribution in [0.25, 0.3) is 10.2 Å². The third-order valence-electron chi connectivity index (χ3n) is 3.49. The number of rotatable bonds is 6. The molecule has 0 aliphatic heterocycles. The number of hydrogen-bond acceptors (Lipinski definition) is 6. The Labute approximate surface area is 145 Å². The second kappa shape index (κ2) is 7.22. The molecule has 3 rings (SSSR count). The van der Waals surface area contributed by atoms with Crippen LogP contribution in [-0.4, -0.2) is 26.9 Å². The van der Waals surface area contributed by atoms with Crippen LogP contribution in [0.4, 0.5) is 5.69 Å². The zero-order valence-corrected chi connectivity index (χ0v) is 13.9. The van der Waals surface area contributed by atoms with Gasteiger partial charge in [0.2, 0.25) is 5.91 Å². The first kappa shape index (κ1) is 16.8. The molecular weight excluding hydrogens is 344 g/mol. The van der Waals surface area contributed by atoms with Gasteiger partial charge in [0.05, 0.1) is 26.3 Å². The SMILES string of the molecule is O=C(Cn1cc([N+](=O)[O-])ccc1=O)NCCc1nc2ccccc2s1. The van der Waals surface area contributed by atoms with Crippen molar-refractivity contribution in [1.82, 2.24) is 14.9 Å². The number of thiazole rings is 1. The van der Waals surface area contributed by atoms with Crippen molar-refractivity contribution in [2.24, 2.45) is 0 Å². The van der Waals surface area contributed by atoms with Gasteiger partial charge in [-0.2, -0.15) is 0 Å². The molecule has 0 fully saturated rings. The van der Waals surface area contributed by atoms with E-state index in [1.54, 1.807) is 11.3 Å². The Bertz CT molecular complexity index is 962. The molecule has 3 aromatic rings. The molecule has 1 aromatic carbocycles. The van der Waals surface area contributed by atoms with E-state index in [0.29, 0.717) is 13.0 Å². The average molecular weight is 358 g/mol. The first-order valence-corrected chi connectivity index (χ1v) is 8.30. The lowest BCUT2D eigenvalue weighted by Gasteiger charge is -2.06. The maximum absolute atomic E-state index is 12.0. The summed E-state index contributed by atoms with van der Waals surface area (Å²) in [5, 5.41) is 14.3. The summed E-state index contributed by atoms with van der Waals surface area (Å²) in [5.74, 6) is -0.385. The number of hydrogen-bond donors (Lipinski definition) is 1. The highest BCUT2D eigenvalue weighted by Gasteiger charge is 2.11. The lowest BCUT2D eigenvalue weighted by molar-refractivity contribution is -0.385. The van der Waals surface area contributed by atoms with Crippen molar-refractivity contribution in [2.75, 3.05) is 6.54 Å². The van der Waals surface area contributed by atoms with E-state index in [4.69, 9.17) is 0 Å². The van der Waals surface area contributed by atoms with Crippen molar-refractivity contribution < 1.29 is 9.72 Å². The first-order chi connectivity index (χ1) is 12.0. The van der Waals surface area contributed by atoms with Crippen molar-refractivity contribution in [3.8, 4) is 0 Å². The molecule has 0 spiro atoms. The van der Waals surface area contributed by atoms with E-state index in [1.807, 2.05) is 24.3 Å². The van der Waals surface area contributed by atoms with Crippen LogP contribution in [0.2, 0.25) is 0 Å². The Morgan fingerprint density at radius 2 is 2.08 bits per heavy atom. The van der Waals surface area contributed by atoms with Crippen molar-refractivity contribution in [3.05, 3.63) is 68.1 Å². The van der Waals surface area contributed by atoms with Gasteiger partial charge in [0.25, 0.3) is 11.2 Å². The number of carbonyl (C=O) groups is 1. The number of fused-ring (bicyclic) bond motifs is 1. The van der Waals surface area contributed by atoms with E-state index >= 15 is 0 Å². The van der Waals surface area contributed by atoms with Crippen molar-refractivity contribution in [2.45, 2.75) is 13.0 Å². The van der Waals surface area contributed by atoms with Gasteiger partial charge in [-0.25, -0.2) is 4.98 Å². The fourth-order valence-corrected chi connectivity index (χ4v) is 3.26. The Hall–Kier alpha value is -3.07. The molecule has 1 amide bonds. The first-order valence-electron chi connectivity index (χ1n) is 7.49. The van der Waals surface area contributed by atoms with Gasteiger partial charge >= 0.3 is 0 Å². The van der Waals surface area contributed by atoms with Gasteiger partial charge in [0.15, 0.2) is 0 Å². The maximum Gasteiger partial charge on any atom is 0.285 e. The Balaban J connectivity index is 1.57. The number of aromatic nitrogens is 2. The molecule has 0 unspecified atom stereocenters. The number of benzene rings is 1. The molecule has 0 aliphatic rings. The minimum Gasteiger partial charge on any atom is -0.354 e. The van der Waals surface area contributed by atoms with Gasteiger partial charge in [-0.1, -0.05) is 12.1 Å². The number of amides is 1. The number of carbonyl (C=O) groups excluding carboxylic acids is 1. The Morgan fingerprint density at radius 1 is 1.28 bits per heavy atom. The highest BCUT2D eigenvalue weighted by atomic mass is 32.1. The summed E-state index contributed by atoms with van der Waals surface area (Å²) in [5.41, 5.74) is 0.228. The van der Waals surface area contributed by atoms with Gasteiger partial charge in [0, 0.05) is 25.1 Å². The smallest absolute Gasteiger partial charge is 0.285 e. The van der Waals surface area contributed by atoms with Crippen LogP contribution >= 0.6 is 11.3 Å². The summed E-state index contributed by atoms with van der Waals surface area (Å²) >= 11 is 1.57. The predicted octanol–water partition coefficient (Wildman–Crippen LogP) is 1.73. The summed E-state index contributed by atoms with van der Waals surface area (Å²) < 4.78 is 2.11. The lowest BCUT2D eigenvalue weighted by atomic mass is 10.3. The highest BCUT2D eigenvalue weighted by Crippen LogP contribution is 2.21. The van der Waals surface area contributed by atoms with Gasteiger partial charge < -0.3 is 5.32 Å². The molecule has 0 saturated carbocycles. The van der Waals surface area contributed by atoms with E-state index in [1.165, 1.54) is 0 Å². The lowest BCUT2D eigenvalue weighted by Crippen LogP contribution is -2.33. The molecular formula is C16H14N4O4S. The summed E-state index contributed by atoms with van der Waals surface area (Å²) in [4.78, 5) is 38.2. The number of para-hydroxylation sites is 1. The normalized spacial score (nSPS) is 10.7. The van der Waals surface area contributed by atoms with Gasteiger partial charge in [-0.3, -0.25) is 24.3 Å². The molecule has 0 radical (unpaired) electrons. The van der Waals surface area contributed by atoms with E-state index in [2.05, 4.69) is 10.3 Å². The Kier molecular flexibility index (Phi) is 4.85. The van der Waals surface area contributed by atoms with E-state index in [0.717, 1.165) is 38.1 Å². The highest BCUT2D eigenvalue weighted by molar-refractivity contribution is 7.18. The molecule has 9 heteroatoms. The van der Waals surface area contributed by atoms with Crippen molar-refractivity contribution in [3.63, 3.8) is 0 Å². The molecule has 128 valence electrons. The summed E-state index contributed by atoms with van der Waals surface area (Å²) in [7, 11) is 0.